The van der Waals surface area contributed by atoms with Crippen LogP contribution in [0.4, 0.5) is 17.6 Å². The van der Waals surface area contributed by atoms with Crippen LogP contribution in [0.5, 0.6) is 0 Å². The van der Waals surface area contributed by atoms with E-state index >= 15 is 0 Å². The van der Waals surface area contributed by atoms with Gasteiger partial charge in [-0.25, -0.2) is 17.6 Å². The Morgan fingerprint density at radius 3 is 1.64 bits per heavy atom. The summed E-state index contributed by atoms with van der Waals surface area (Å²) in [5.74, 6) is -3.43. The lowest BCUT2D eigenvalue weighted by molar-refractivity contribution is -0.129. The van der Waals surface area contributed by atoms with E-state index in [1.807, 2.05) is 0 Å². The molecule has 2 fully saturated rings. The lowest BCUT2D eigenvalue weighted by Gasteiger charge is -2.27. The standard InChI is InChI=1S/C7H8F4/c8-5-1-2-6(9,3-5)7(10,11)4-5/h1-4H2. The van der Waals surface area contributed by atoms with Gasteiger partial charge < -0.3 is 0 Å². The van der Waals surface area contributed by atoms with Crippen molar-refractivity contribution in [3.63, 3.8) is 0 Å². The molecule has 0 radical (unpaired) electrons. The second kappa shape index (κ2) is 1.57. The largest absolute Gasteiger partial charge is 0.284 e. The number of halogens is 4. The molecule has 0 aromatic rings. The van der Waals surface area contributed by atoms with Crippen LogP contribution in [0, 0.1) is 0 Å². The van der Waals surface area contributed by atoms with Crippen molar-refractivity contribution in [1.82, 2.24) is 0 Å². The van der Waals surface area contributed by atoms with Gasteiger partial charge in [0.15, 0.2) is 5.67 Å². The van der Waals surface area contributed by atoms with Gasteiger partial charge in [0.05, 0.1) is 0 Å². The monoisotopic (exact) mass is 168 g/mol. The molecule has 0 N–H and O–H groups in total. The van der Waals surface area contributed by atoms with Crippen LogP contribution in [0.2, 0.25) is 0 Å². The molecule has 2 rings (SSSR count). The van der Waals surface area contributed by atoms with Gasteiger partial charge in [-0.05, 0) is 12.8 Å². The Morgan fingerprint density at radius 2 is 1.45 bits per heavy atom. The van der Waals surface area contributed by atoms with Crippen LogP contribution >= 0.6 is 0 Å². The van der Waals surface area contributed by atoms with Crippen LogP contribution in [0.3, 0.4) is 0 Å². The number of alkyl halides is 4. The average molecular weight is 168 g/mol. The van der Waals surface area contributed by atoms with Crippen molar-refractivity contribution in [1.29, 1.82) is 0 Å². The zero-order chi connectivity index (χ0) is 8.33. The molecule has 0 aliphatic heterocycles. The van der Waals surface area contributed by atoms with E-state index in [9.17, 15) is 17.6 Å². The van der Waals surface area contributed by atoms with Crippen molar-refractivity contribution in [3.8, 4) is 0 Å². The second-order valence-corrected chi connectivity index (χ2v) is 3.67. The van der Waals surface area contributed by atoms with Crippen LogP contribution in [0.25, 0.3) is 0 Å². The Hall–Kier alpha value is -0.280. The molecule has 2 saturated carbocycles. The van der Waals surface area contributed by atoms with E-state index in [0.29, 0.717) is 0 Å². The average Bonchev–Trinajstić information content (AvgIpc) is 2.13. The summed E-state index contributed by atoms with van der Waals surface area (Å²) in [6.07, 6.45) is -1.89. The first-order chi connectivity index (χ1) is 4.87. The Bertz CT molecular complexity index is 199. The molecule has 2 aliphatic carbocycles. The Morgan fingerprint density at radius 1 is 0.818 bits per heavy atom. The van der Waals surface area contributed by atoms with Crippen molar-refractivity contribution in [2.45, 2.75) is 42.9 Å². The Balaban J connectivity index is 2.36. The summed E-state index contributed by atoms with van der Waals surface area (Å²) in [5.41, 5.74) is -4.46. The third kappa shape index (κ3) is 0.754. The van der Waals surface area contributed by atoms with E-state index in [4.69, 9.17) is 0 Å². The zero-order valence-electron chi connectivity index (χ0n) is 5.84. The third-order valence-electron chi connectivity index (χ3n) is 2.76. The maximum Gasteiger partial charge on any atom is 0.284 e. The van der Waals surface area contributed by atoms with E-state index in [1.165, 1.54) is 0 Å². The van der Waals surface area contributed by atoms with E-state index in [1.54, 1.807) is 0 Å². The molecule has 0 aromatic heterocycles. The van der Waals surface area contributed by atoms with E-state index in [2.05, 4.69) is 0 Å². The maximum atomic E-state index is 13.1. The molecule has 0 heterocycles. The number of hydrogen-bond acceptors (Lipinski definition) is 0. The van der Waals surface area contributed by atoms with Crippen molar-refractivity contribution in [2.75, 3.05) is 0 Å². The molecule has 2 atom stereocenters. The normalized spacial score (nSPS) is 53.5. The first-order valence-corrected chi connectivity index (χ1v) is 3.63. The Kier molecular flexibility index (Phi) is 1.05. The first kappa shape index (κ1) is 7.37. The fourth-order valence-corrected chi connectivity index (χ4v) is 2.12. The number of rotatable bonds is 0. The van der Waals surface area contributed by atoms with Crippen molar-refractivity contribution in [2.24, 2.45) is 0 Å². The fourth-order valence-electron chi connectivity index (χ4n) is 2.12. The predicted octanol–water partition coefficient (Wildman–Crippen LogP) is 2.63. The van der Waals surface area contributed by atoms with Gasteiger partial charge in [-0.15, -0.1) is 0 Å². The minimum absolute atomic E-state index is 0.0426. The van der Waals surface area contributed by atoms with E-state index in [0.717, 1.165) is 0 Å². The summed E-state index contributed by atoms with van der Waals surface area (Å²) in [7, 11) is 0. The van der Waals surface area contributed by atoms with Gasteiger partial charge in [0.25, 0.3) is 5.92 Å². The van der Waals surface area contributed by atoms with Gasteiger partial charge in [-0.2, -0.15) is 0 Å². The molecule has 2 aliphatic rings. The summed E-state index contributed by atoms with van der Waals surface area (Å²) >= 11 is 0. The number of hydrogen-bond donors (Lipinski definition) is 0. The molecule has 0 aromatic carbocycles. The van der Waals surface area contributed by atoms with Crippen LogP contribution < -0.4 is 0 Å². The minimum atomic E-state index is -3.43. The molecule has 2 unspecified atom stereocenters. The summed E-state index contributed by atoms with van der Waals surface area (Å²) in [6.45, 7) is 0. The second-order valence-electron chi connectivity index (χ2n) is 3.67. The summed E-state index contributed by atoms with van der Waals surface area (Å²) in [4.78, 5) is 0. The van der Waals surface area contributed by atoms with Gasteiger partial charge in [-0.1, -0.05) is 0 Å². The van der Waals surface area contributed by atoms with E-state index in [-0.39, 0.29) is 12.8 Å². The van der Waals surface area contributed by atoms with Crippen molar-refractivity contribution in [3.05, 3.63) is 0 Å². The zero-order valence-corrected chi connectivity index (χ0v) is 5.84. The molecule has 0 saturated heterocycles. The molecule has 11 heavy (non-hydrogen) atoms. The van der Waals surface area contributed by atoms with Gasteiger partial charge in [0.1, 0.15) is 5.67 Å². The number of fused-ring (bicyclic) bond motifs is 2. The van der Waals surface area contributed by atoms with Gasteiger partial charge in [0, 0.05) is 12.8 Å². The molecule has 2 bridgehead atoms. The Labute approximate surface area is 61.6 Å². The SMILES string of the molecule is FC12CCC(F)(C1)C(F)(F)C2. The summed E-state index contributed by atoms with van der Waals surface area (Å²) in [6, 6.07) is 0. The van der Waals surface area contributed by atoms with Crippen LogP contribution in [0.1, 0.15) is 25.7 Å². The highest BCUT2D eigenvalue weighted by Gasteiger charge is 2.72. The lowest BCUT2D eigenvalue weighted by Crippen LogP contribution is -2.39. The predicted molar refractivity (Wildman–Crippen MR) is 31.1 cm³/mol. The molecule has 4 heteroatoms. The molecular weight excluding hydrogens is 160 g/mol. The topological polar surface area (TPSA) is 0 Å². The molecule has 0 spiro atoms. The molecule has 0 amide bonds. The molecular formula is C7H8F4. The van der Waals surface area contributed by atoms with Crippen LogP contribution in [-0.2, 0) is 0 Å². The fraction of sp³-hybridized carbons (Fsp3) is 1.00. The highest BCUT2D eigenvalue weighted by molar-refractivity contribution is 5.15. The first-order valence-electron chi connectivity index (χ1n) is 3.63. The summed E-state index contributed by atoms with van der Waals surface area (Å²) in [5, 5.41) is 0. The van der Waals surface area contributed by atoms with Crippen LogP contribution in [0.15, 0.2) is 0 Å². The lowest BCUT2D eigenvalue weighted by atomic mass is 9.93. The maximum absolute atomic E-state index is 13.1. The van der Waals surface area contributed by atoms with Gasteiger partial charge in [-0.3, -0.25) is 0 Å². The third-order valence-corrected chi connectivity index (χ3v) is 2.76. The van der Waals surface area contributed by atoms with Gasteiger partial charge >= 0.3 is 0 Å². The minimum Gasteiger partial charge on any atom is -0.244 e. The highest BCUT2D eigenvalue weighted by atomic mass is 19.3. The smallest absolute Gasteiger partial charge is 0.244 e. The van der Waals surface area contributed by atoms with Crippen molar-refractivity contribution < 1.29 is 17.6 Å². The highest BCUT2D eigenvalue weighted by Crippen LogP contribution is 2.62. The molecule has 0 nitrogen and oxygen atoms in total. The summed E-state index contributed by atoms with van der Waals surface area (Å²) < 4.78 is 51.5. The van der Waals surface area contributed by atoms with E-state index < -0.39 is 30.1 Å². The van der Waals surface area contributed by atoms with Crippen LogP contribution in [-0.4, -0.2) is 17.3 Å². The van der Waals surface area contributed by atoms with Gasteiger partial charge in [0.2, 0.25) is 0 Å². The molecule has 64 valence electrons. The van der Waals surface area contributed by atoms with Crippen molar-refractivity contribution >= 4 is 0 Å². The quantitative estimate of drug-likeness (QED) is 0.488.